The topological polar surface area (TPSA) is 465 Å². The number of benzene rings is 6. The zero-order valence-electron chi connectivity index (χ0n) is 66.5. The summed E-state index contributed by atoms with van der Waals surface area (Å²) >= 11 is 18.0. The molecule has 2 aromatic heterocycles. The minimum absolute atomic E-state index is 0.00325. The summed E-state index contributed by atoms with van der Waals surface area (Å²) in [6, 6.07) is 31.0. The number of aromatic nitrogens is 8. The van der Waals surface area contributed by atoms with Crippen LogP contribution < -0.4 is 10.6 Å². The van der Waals surface area contributed by atoms with Gasteiger partial charge in [0, 0.05) is 71.0 Å². The molecule has 8 aromatic rings. The van der Waals surface area contributed by atoms with Gasteiger partial charge in [-0.05, 0) is 126 Å². The molecule has 648 valence electrons. The van der Waals surface area contributed by atoms with Crippen LogP contribution in [-0.2, 0) is 89.9 Å². The van der Waals surface area contributed by atoms with Gasteiger partial charge in [-0.1, -0.05) is 147 Å². The number of aliphatic hydroxyl groups is 3. The molecular formula is C80H86Cl3F3N16O20. The Kier molecular flexibility index (Phi) is 38.1. The number of amides is 2. The number of tetrazole rings is 2. The Morgan fingerprint density at radius 1 is 0.492 bits per heavy atom. The number of ether oxygens (including phenoxy) is 6. The Labute approximate surface area is 710 Å². The van der Waals surface area contributed by atoms with Crippen LogP contribution in [0.5, 0.6) is 0 Å². The van der Waals surface area contributed by atoms with Crippen LogP contribution in [0.4, 0.5) is 22.8 Å². The maximum absolute atomic E-state index is 14.4. The maximum atomic E-state index is 14.4. The average molecular weight is 1760 g/mol. The predicted molar refractivity (Wildman–Crippen MR) is 431 cm³/mol. The third-order valence-electron chi connectivity index (χ3n) is 17.5. The molecular weight excluding hydrogens is 1670 g/mol. The number of carbonyl (C=O) groups excluding carboxylic acids is 9. The SMILES string of the molecule is C=CCn1nnnc1C(=O)CN(Cc1ccc(-c2cc(Cl)ccc2F)cc1)C[C@@H](O)C(=O)O.C=CCn1nnnc1C(=O)CN(Cc1ccc(-c2cc(Cl)ccc2F)cc1)C[C@@H](O)C(=O)OCOC(=O)[C@@H](NC(=O)OC)C(C)C.COC(=O)N[C@H](C(=O)OCOC(=O)[C@H](O)CN(CC(=O)C1=NN=NC1)Cc1ccc(-c2cc(Cl)ccc2F)cc1)C(C)C. The number of aliphatic carboxylic acids is 1. The number of nitrogens with zero attached hydrogens (tertiary/aromatic N) is 14. The van der Waals surface area contributed by atoms with Crippen molar-refractivity contribution in [2.45, 2.75) is 90.8 Å². The summed E-state index contributed by atoms with van der Waals surface area (Å²) in [6.45, 7) is 11.2. The maximum Gasteiger partial charge on any atom is 0.407 e. The molecule has 6 N–H and O–H groups in total. The molecule has 0 spiro atoms. The van der Waals surface area contributed by atoms with Gasteiger partial charge in [0.05, 0.1) is 46.9 Å². The Bertz CT molecular complexity index is 5050. The number of carbonyl (C=O) groups is 10. The predicted octanol–water partition coefficient (Wildman–Crippen LogP) is 8.36. The van der Waals surface area contributed by atoms with Gasteiger partial charge in [-0.15, -0.1) is 28.5 Å². The number of hydrogen-bond donors (Lipinski definition) is 6. The van der Waals surface area contributed by atoms with Crippen LogP contribution in [0.1, 0.15) is 65.6 Å². The van der Waals surface area contributed by atoms with E-state index in [-0.39, 0.29) is 108 Å². The van der Waals surface area contributed by atoms with Crippen LogP contribution in [0, 0.1) is 29.3 Å². The molecule has 0 fully saturated rings. The Balaban J connectivity index is 0.000000255. The number of allylic oxidation sites excluding steroid dienone is 2. The molecule has 1 aliphatic rings. The largest absolute Gasteiger partial charge is 0.479 e. The molecule has 0 unspecified atom stereocenters. The Morgan fingerprint density at radius 2 is 0.820 bits per heavy atom. The normalized spacial score (nSPS) is 12.8. The fraction of sp³-hybridized carbons (Fsp3) is 0.338. The van der Waals surface area contributed by atoms with Gasteiger partial charge < -0.3 is 59.5 Å². The molecule has 0 aliphatic carbocycles. The van der Waals surface area contributed by atoms with E-state index < -0.39 is 121 Å². The molecule has 6 aromatic carbocycles. The van der Waals surface area contributed by atoms with Crippen molar-refractivity contribution in [1.82, 2.24) is 65.7 Å². The highest BCUT2D eigenvalue weighted by Crippen LogP contribution is 2.30. The quantitative estimate of drug-likeness (QED) is 0.00688. The van der Waals surface area contributed by atoms with Crippen molar-refractivity contribution in [2.24, 2.45) is 27.3 Å². The highest BCUT2D eigenvalue weighted by Gasteiger charge is 2.32. The van der Waals surface area contributed by atoms with Gasteiger partial charge in [-0.3, -0.25) is 29.1 Å². The van der Waals surface area contributed by atoms with Crippen molar-refractivity contribution in [3.8, 4) is 33.4 Å². The Hall–Kier alpha value is -12.5. The molecule has 0 radical (unpaired) electrons. The molecule has 42 heteroatoms. The molecule has 122 heavy (non-hydrogen) atoms. The van der Waals surface area contributed by atoms with E-state index in [9.17, 15) is 76.4 Å². The average Bonchev–Trinajstić information content (AvgIpc) is 1.16. The first kappa shape index (κ1) is 96.7. The van der Waals surface area contributed by atoms with Crippen LogP contribution in [0.2, 0.25) is 15.1 Å². The number of esters is 4. The van der Waals surface area contributed by atoms with Gasteiger partial charge in [-0.2, -0.15) is 5.11 Å². The van der Waals surface area contributed by atoms with Crippen LogP contribution >= 0.6 is 34.8 Å². The lowest BCUT2D eigenvalue weighted by Gasteiger charge is -2.24. The van der Waals surface area contributed by atoms with Gasteiger partial charge in [0.2, 0.25) is 36.8 Å². The number of carboxylic acid groups (broad SMARTS) is 1. The number of ketones is 3. The number of aliphatic hydroxyl groups excluding tert-OH is 3. The number of hydrogen-bond acceptors (Lipinski definition) is 31. The highest BCUT2D eigenvalue weighted by molar-refractivity contribution is 6.41. The van der Waals surface area contributed by atoms with E-state index in [0.29, 0.717) is 59.6 Å². The van der Waals surface area contributed by atoms with E-state index in [1.54, 1.807) is 100 Å². The molecule has 3 heterocycles. The lowest BCUT2D eigenvalue weighted by Crippen LogP contribution is -2.45. The number of rotatable bonds is 41. The lowest BCUT2D eigenvalue weighted by atomic mass is 10.0. The minimum atomic E-state index is -1.76. The fourth-order valence-electron chi connectivity index (χ4n) is 11.3. The summed E-state index contributed by atoms with van der Waals surface area (Å²) in [7, 11) is 2.28. The third-order valence-corrected chi connectivity index (χ3v) is 18.2. The Morgan fingerprint density at radius 3 is 1.12 bits per heavy atom. The van der Waals surface area contributed by atoms with Crippen molar-refractivity contribution in [1.29, 1.82) is 0 Å². The summed E-state index contributed by atoms with van der Waals surface area (Å²) < 4.78 is 74.0. The summed E-state index contributed by atoms with van der Waals surface area (Å²) in [5.74, 6) is -8.85. The number of halogens is 6. The zero-order chi connectivity index (χ0) is 89.3. The van der Waals surface area contributed by atoms with E-state index in [4.69, 9.17) is 58.9 Å². The molecule has 0 saturated heterocycles. The number of alkyl carbamates (subject to hydrolysis) is 2. The van der Waals surface area contributed by atoms with E-state index in [1.807, 2.05) is 0 Å². The molecule has 9 rings (SSSR count). The van der Waals surface area contributed by atoms with Crippen LogP contribution in [0.25, 0.3) is 33.4 Å². The van der Waals surface area contributed by atoms with Gasteiger partial charge in [0.25, 0.3) is 0 Å². The molecule has 1 aliphatic heterocycles. The highest BCUT2D eigenvalue weighted by atomic mass is 35.5. The fourth-order valence-corrected chi connectivity index (χ4v) is 11.9. The molecule has 0 bridgehead atoms. The number of Topliss-reactive ketones (excluding diaryl/α,β-unsaturated/α-hetero) is 3. The first-order chi connectivity index (χ1) is 58.2. The summed E-state index contributed by atoms with van der Waals surface area (Å²) in [6.07, 6.45) is -3.82. The first-order valence-electron chi connectivity index (χ1n) is 36.9. The third kappa shape index (κ3) is 30.0. The van der Waals surface area contributed by atoms with Crippen molar-refractivity contribution >= 4 is 99.9 Å². The molecule has 5 atom stereocenters. The second kappa shape index (κ2) is 48.1. The van der Waals surface area contributed by atoms with E-state index in [1.165, 1.54) is 90.8 Å². The standard InChI is InChI=1S/C30H34ClFN6O8.C28H31ClFN5O8.C22H21ClFN5O4/c1-5-12-38-27(34-35-36-38)24(39)15-37(14-19-6-8-20(9-7-19)22-13-21(31)10-11-23(22)32)16-25(40)28(41)45-17-46-29(42)26(18(2)3)33-30(43)44-4;1-16(2)25(32-28(40)41-3)27(39)43-15-42-26(38)24(37)14-35(13-23(36)22-11-31-34-33-22)12-17-4-6-18(7-5-17)20-10-19(29)8-9-21(20)30;1-2-9-29-21(25-26-27-29)19(30)12-28(13-20(31)22(32)33)11-14-3-5-15(6-4-14)17-10-16(23)7-8-18(17)24/h5-11,13,18,25-26,40H,1,12,14-17H2,2-4H3,(H,33,43);4-10,16,24-25,37H,11-15H2,1-3H3,(H,32,40);2-8,10,20,31H,1,9,11-13H2,(H,32,33)/t25-,26+;24-,25+;20-/m111/s1. The first-order valence-corrected chi connectivity index (χ1v) is 38.0. The lowest BCUT2D eigenvalue weighted by molar-refractivity contribution is -0.177. The molecule has 2 amide bonds. The summed E-state index contributed by atoms with van der Waals surface area (Å²) in [5, 5.41) is 78.7. The van der Waals surface area contributed by atoms with Crippen LogP contribution in [0.15, 0.2) is 168 Å². The van der Waals surface area contributed by atoms with E-state index >= 15 is 0 Å². The van der Waals surface area contributed by atoms with Crippen molar-refractivity contribution in [2.75, 3.05) is 73.6 Å². The monoisotopic (exact) mass is 1750 g/mol. The summed E-state index contributed by atoms with van der Waals surface area (Å²) in [4.78, 5) is 127. The number of methoxy groups -OCH3 is 2. The van der Waals surface area contributed by atoms with Gasteiger partial charge in [-0.25, -0.2) is 56.1 Å². The molecule has 0 saturated carbocycles. The van der Waals surface area contributed by atoms with Crippen molar-refractivity contribution < 1.29 is 110 Å². The number of carboxylic acids is 1. The van der Waals surface area contributed by atoms with Crippen LogP contribution in [-0.4, -0.2) is 245 Å². The van der Waals surface area contributed by atoms with Gasteiger partial charge >= 0.3 is 42.0 Å². The van der Waals surface area contributed by atoms with Gasteiger partial charge in [0.1, 0.15) is 41.8 Å². The molecule has 36 nitrogen and oxygen atoms in total. The van der Waals surface area contributed by atoms with Crippen molar-refractivity contribution in [3.63, 3.8) is 0 Å². The number of nitrogens with one attached hydrogen (secondary N) is 2. The van der Waals surface area contributed by atoms with Gasteiger partial charge in [0.15, 0.2) is 24.1 Å². The van der Waals surface area contributed by atoms with E-state index in [2.05, 4.69) is 79.8 Å². The smallest absolute Gasteiger partial charge is 0.407 e. The minimum Gasteiger partial charge on any atom is -0.479 e. The summed E-state index contributed by atoms with van der Waals surface area (Å²) in [5.41, 5.74) is 4.91. The zero-order valence-corrected chi connectivity index (χ0v) is 68.8. The van der Waals surface area contributed by atoms with Crippen LogP contribution in [0.3, 0.4) is 0 Å². The second-order valence-electron chi connectivity index (χ2n) is 27.3. The van der Waals surface area contributed by atoms with Crippen molar-refractivity contribution in [3.05, 3.63) is 214 Å². The second-order valence-corrected chi connectivity index (χ2v) is 28.6. The van der Waals surface area contributed by atoms with E-state index in [0.717, 1.165) is 19.8 Å².